The third-order valence-corrected chi connectivity index (χ3v) is 3.90. The molecule has 0 unspecified atom stereocenters. The minimum absolute atomic E-state index is 0.0791. The molecule has 18 heavy (non-hydrogen) atoms. The third-order valence-electron chi connectivity index (χ3n) is 2.30. The lowest BCUT2D eigenvalue weighted by atomic mass is 10.2. The Balaban J connectivity index is 2.94. The summed E-state index contributed by atoms with van der Waals surface area (Å²) in [7, 11) is -2.34. The van der Waals surface area contributed by atoms with Crippen LogP contribution in [-0.2, 0) is 14.8 Å². The molecule has 1 aromatic carbocycles. The van der Waals surface area contributed by atoms with Crippen LogP contribution in [-0.4, -0.2) is 34.1 Å². The average Bonchev–Trinajstić information content (AvgIpc) is 2.37. The number of methoxy groups -OCH3 is 1. The first-order chi connectivity index (χ1) is 8.40. The molecule has 1 rings (SSSR count). The predicted molar refractivity (Wildman–Crippen MR) is 66.6 cm³/mol. The zero-order valence-corrected chi connectivity index (χ0v) is 11.0. The van der Waals surface area contributed by atoms with Crippen molar-refractivity contribution in [1.82, 2.24) is 4.72 Å². The van der Waals surface area contributed by atoms with Crippen LogP contribution in [0.15, 0.2) is 29.2 Å². The highest BCUT2D eigenvalue weighted by atomic mass is 32.2. The number of sulfonamides is 1. The van der Waals surface area contributed by atoms with E-state index in [1.807, 2.05) is 0 Å². The van der Waals surface area contributed by atoms with E-state index in [-0.39, 0.29) is 17.5 Å². The lowest BCUT2D eigenvalue weighted by molar-refractivity contribution is 0.0600. The Morgan fingerprint density at radius 3 is 2.39 bits per heavy atom. The maximum atomic E-state index is 11.9. The van der Waals surface area contributed by atoms with Gasteiger partial charge >= 0.3 is 5.97 Å². The summed E-state index contributed by atoms with van der Waals surface area (Å²) in [5.41, 5.74) is 5.65. The number of carbonyl (C=O) groups excluding carboxylic acids is 1. The Morgan fingerprint density at radius 2 is 1.94 bits per heavy atom. The van der Waals surface area contributed by atoms with Crippen molar-refractivity contribution in [3.63, 3.8) is 0 Å². The topological polar surface area (TPSA) is 98.5 Å². The maximum Gasteiger partial charge on any atom is 0.337 e. The molecule has 1 aromatic rings. The van der Waals surface area contributed by atoms with Gasteiger partial charge in [0, 0.05) is 12.6 Å². The number of nitrogens with two attached hydrogens (primary N) is 1. The van der Waals surface area contributed by atoms with Crippen LogP contribution in [0.5, 0.6) is 0 Å². The second-order valence-electron chi connectivity index (χ2n) is 3.77. The van der Waals surface area contributed by atoms with E-state index in [2.05, 4.69) is 9.46 Å². The number of hydrogen-bond donors (Lipinski definition) is 2. The molecule has 0 bridgehead atoms. The molecule has 6 nitrogen and oxygen atoms in total. The van der Waals surface area contributed by atoms with Gasteiger partial charge in [-0.2, -0.15) is 0 Å². The smallest absolute Gasteiger partial charge is 0.337 e. The summed E-state index contributed by atoms with van der Waals surface area (Å²) in [6.07, 6.45) is 0. The second kappa shape index (κ2) is 5.94. The zero-order chi connectivity index (χ0) is 13.8. The van der Waals surface area contributed by atoms with Gasteiger partial charge < -0.3 is 10.5 Å². The first-order valence-electron chi connectivity index (χ1n) is 5.31. The number of carbonyl (C=O) groups is 1. The van der Waals surface area contributed by atoms with Gasteiger partial charge in [0.1, 0.15) is 0 Å². The highest BCUT2D eigenvalue weighted by molar-refractivity contribution is 7.89. The molecular weight excluding hydrogens is 256 g/mol. The molecular formula is C11H16N2O4S. The van der Waals surface area contributed by atoms with Crippen molar-refractivity contribution in [2.75, 3.05) is 13.7 Å². The van der Waals surface area contributed by atoms with Gasteiger partial charge in [-0.05, 0) is 31.2 Å². The third kappa shape index (κ3) is 3.52. The van der Waals surface area contributed by atoms with E-state index < -0.39 is 16.0 Å². The predicted octanol–water partition coefficient (Wildman–Crippen LogP) is 0.0987. The van der Waals surface area contributed by atoms with Gasteiger partial charge in [0.05, 0.1) is 17.6 Å². The van der Waals surface area contributed by atoms with Gasteiger partial charge in [-0.25, -0.2) is 17.9 Å². The van der Waals surface area contributed by atoms with Crippen LogP contribution in [0.3, 0.4) is 0 Å². The van der Waals surface area contributed by atoms with Crippen molar-refractivity contribution in [1.29, 1.82) is 0 Å². The number of ether oxygens (including phenoxy) is 1. The summed E-state index contributed by atoms with van der Waals surface area (Å²) in [5, 5.41) is 0. The fourth-order valence-electron chi connectivity index (χ4n) is 1.27. The van der Waals surface area contributed by atoms with E-state index in [0.29, 0.717) is 5.56 Å². The van der Waals surface area contributed by atoms with E-state index in [9.17, 15) is 13.2 Å². The molecule has 0 saturated carbocycles. The van der Waals surface area contributed by atoms with Gasteiger partial charge in [-0.15, -0.1) is 0 Å². The molecule has 7 heteroatoms. The Bertz CT molecular complexity index is 510. The summed E-state index contributed by atoms with van der Waals surface area (Å²) in [5.74, 6) is -0.512. The first kappa shape index (κ1) is 14.6. The SMILES string of the molecule is COC(=O)c1ccc(S(=O)(=O)N[C@H](C)CN)cc1. The molecule has 0 aliphatic heterocycles. The van der Waals surface area contributed by atoms with Crippen LogP contribution >= 0.6 is 0 Å². The highest BCUT2D eigenvalue weighted by Crippen LogP contribution is 2.11. The Morgan fingerprint density at radius 1 is 1.39 bits per heavy atom. The minimum Gasteiger partial charge on any atom is -0.465 e. The fourth-order valence-corrected chi connectivity index (χ4v) is 2.53. The van der Waals surface area contributed by atoms with Gasteiger partial charge in [0.2, 0.25) is 10.0 Å². The Labute approximate surface area is 106 Å². The molecule has 0 saturated heterocycles. The second-order valence-corrected chi connectivity index (χ2v) is 5.49. The Hall–Kier alpha value is -1.44. The number of benzene rings is 1. The highest BCUT2D eigenvalue weighted by Gasteiger charge is 2.17. The molecule has 100 valence electrons. The number of rotatable bonds is 5. The van der Waals surface area contributed by atoms with Crippen LogP contribution in [0.25, 0.3) is 0 Å². The van der Waals surface area contributed by atoms with Crippen molar-refractivity contribution in [2.45, 2.75) is 17.9 Å². The molecule has 0 amide bonds. The number of nitrogens with one attached hydrogen (secondary N) is 1. The van der Waals surface area contributed by atoms with E-state index >= 15 is 0 Å². The van der Waals surface area contributed by atoms with Crippen LogP contribution in [0, 0.1) is 0 Å². The van der Waals surface area contributed by atoms with Gasteiger partial charge in [-0.3, -0.25) is 0 Å². The van der Waals surface area contributed by atoms with Gasteiger partial charge in [0.15, 0.2) is 0 Å². The fraction of sp³-hybridized carbons (Fsp3) is 0.364. The molecule has 1 atom stereocenters. The Kier molecular flexibility index (Phi) is 4.83. The van der Waals surface area contributed by atoms with Crippen molar-refractivity contribution < 1.29 is 17.9 Å². The summed E-state index contributed by atoms with van der Waals surface area (Å²) < 4.78 is 30.7. The molecule has 0 heterocycles. The monoisotopic (exact) mass is 272 g/mol. The number of hydrogen-bond acceptors (Lipinski definition) is 5. The minimum atomic E-state index is -3.60. The number of esters is 1. The normalized spacial score (nSPS) is 13.1. The van der Waals surface area contributed by atoms with E-state index in [1.165, 1.54) is 31.4 Å². The van der Waals surface area contributed by atoms with Crippen molar-refractivity contribution in [2.24, 2.45) is 5.73 Å². The largest absolute Gasteiger partial charge is 0.465 e. The van der Waals surface area contributed by atoms with E-state index in [4.69, 9.17) is 5.73 Å². The zero-order valence-electron chi connectivity index (χ0n) is 10.2. The molecule has 0 aliphatic rings. The average molecular weight is 272 g/mol. The summed E-state index contributed by atoms with van der Waals surface area (Å²) >= 11 is 0. The van der Waals surface area contributed by atoms with Gasteiger partial charge in [-0.1, -0.05) is 0 Å². The summed E-state index contributed by atoms with van der Waals surface area (Å²) in [4.78, 5) is 11.3. The van der Waals surface area contributed by atoms with Crippen LogP contribution in [0.2, 0.25) is 0 Å². The lowest BCUT2D eigenvalue weighted by Gasteiger charge is -2.12. The quantitative estimate of drug-likeness (QED) is 0.741. The van der Waals surface area contributed by atoms with Crippen molar-refractivity contribution in [3.8, 4) is 0 Å². The molecule has 0 aromatic heterocycles. The van der Waals surface area contributed by atoms with Crippen molar-refractivity contribution in [3.05, 3.63) is 29.8 Å². The molecule has 0 fully saturated rings. The van der Waals surface area contributed by atoms with Crippen LogP contribution < -0.4 is 10.5 Å². The molecule has 0 radical (unpaired) electrons. The molecule has 0 spiro atoms. The van der Waals surface area contributed by atoms with Gasteiger partial charge in [0.25, 0.3) is 0 Å². The first-order valence-corrected chi connectivity index (χ1v) is 6.80. The molecule has 0 aliphatic carbocycles. The van der Waals surface area contributed by atoms with Crippen LogP contribution in [0.4, 0.5) is 0 Å². The van der Waals surface area contributed by atoms with E-state index in [0.717, 1.165) is 0 Å². The summed E-state index contributed by atoms with van der Waals surface area (Å²) in [6, 6.07) is 5.13. The van der Waals surface area contributed by atoms with E-state index in [1.54, 1.807) is 6.92 Å². The standard InChI is InChI=1S/C11H16N2O4S/c1-8(7-12)13-18(15,16)10-5-3-9(4-6-10)11(14)17-2/h3-6,8,13H,7,12H2,1-2H3/t8-/m1/s1. The van der Waals surface area contributed by atoms with Crippen molar-refractivity contribution >= 4 is 16.0 Å². The lowest BCUT2D eigenvalue weighted by Crippen LogP contribution is -2.37. The summed E-state index contributed by atoms with van der Waals surface area (Å²) in [6.45, 7) is 1.87. The maximum absolute atomic E-state index is 11.9. The van der Waals surface area contributed by atoms with Crippen LogP contribution in [0.1, 0.15) is 17.3 Å². The molecule has 3 N–H and O–H groups in total.